The SMILES string of the molecule is CN(C)[C@@H]1c2onc(OCc3ccccc3)c2C(=O)[C@@]2(O[Si](C)(C)C(C)(C)C)C(O)=C3C(=O)c4c(c(F)c5c(c4OCc4ccccc4)CN(C(=O)CNC4CCCC4)C5)C[C@H]3C[C@@H]12. The summed E-state index contributed by atoms with van der Waals surface area (Å²) in [4.78, 5) is 48.5. The van der Waals surface area contributed by atoms with Crippen LogP contribution in [0.15, 0.2) is 76.5 Å². The zero-order chi connectivity index (χ0) is 45.3. The molecule has 0 bridgehead atoms. The number of nitrogens with one attached hydrogen (secondary N) is 1. The highest BCUT2D eigenvalue weighted by Crippen LogP contribution is 2.60. The lowest BCUT2D eigenvalue weighted by Gasteiger charge is -2.55. The van der Waals surface area contributed by atoms with Crippen LogP contribution < -0.4 is 14.8 Å². The molecule has 64 heavy (non-hydrogen) atoms. The zero-order valence-electron chi connectivity index (χ0n) is 37.9. The van der Waals surface area contributed by atoms with Crippen molar-refractivity contribution in [2.45, 2.75) is 121 Å². The fourth-order valence-electron chi connectivity index (χ4n) is 10.4. The molecule has 0 radical (unpaired) electrons. The Labute approximate surface area is 375 Å². The summed E-state index contributed by atoms with van der Waals surface area (Å²) in [6, 6.07) is 18.6. The number of hydrogen-bond donors (Lipinski definition) is 2. The minimum atomic E-state index is -2.98. The van der Waals surface area contributed by atoms with Gasteiger partial charge in [-0.05, 0) is 80.1 Å². The number of Topliss-reactive ketones (excluding diaryl/α,β-unsaturated/α-hetero) is 2. The van der Waals surface area contributed by atoms with Gasteiger partial charge in [0.1, 0.15) is 36.1 Å². The van der Waals surface area contributed by atoms with E-state index < -0.39 is 60.0 Å². The number of nitrogens with zero attached hydrogens (tertiary/aromatic N) is 3. The van der Waals surface area contributed by atoms with E-state index in [9.17, 15) is 9.90 Å². The molecule has 0 saturated heterocycles. The fraction of sp³-hybridized carbons (Fsp3) is 0.480. The molecule has 4 aromatic rings. The van der Waals surface area contributed by atoms with Gasteiger partial charge in [0.25, 0.3) is 5.88 Å². The van der Waals surface area contributed by atoms with Crippen molar-refractivity contribution >= 4 is 25.8 Å². The first-order chi connectivity index (χ1) is 30.5. The number of ether oxygens (including phenoxy) is 2. The van der Waals surface area contributed by atoms with E-state index >= 15 is 14.0 Å². The minimum absolute atomic E-state index is 0.00857. The number of rotatable bonds is 12. The second-order valence-electron chi connectivity index (χ2n) is 20.0. The number of halogens is 1. The highest BCUT2D eigenvalue weighted by Gasteiger charge is 2.67. The van der Waals surface area contributed by atoms with Crippen LogP contribution in [0.3, 0.4) is 0 Å². The Morgan fingerprint density at radius 1 is 0.953 bits per heavy atom. The molecular weight excluding hydrogens is 832 g/mol. The lowest BCUT2D eigenvalue weighted by molar-refractivity contribution is -0.131. The molecule has 1 aliphatic heterocycles. The van der Waals surface area contributed by atoms with Crippen LogP contribution in [-0.4, -0.2) is 78.1 Å². The lowest BCUT2D eigenvalue weighted by atomic mass is 9.58. The van der Waals surface area contributed by atoms with Gasteiger partial charge in [-0.1, -0.05) is 94.3 Å². The smallest absolute Gasteiger partial charge is 0.265 e. The van der Waals surface area contributed by atoms with E-state index in [2.05, 4.69) is 31.2 Å². The van der Waals surface area contributed by atoms with Crippen LogP contribution in [0.1, 0.15) is 113 Å². The summed E-state index contributed by atoms with van der Waals surface area (Å²) in [6.45, 7) is 10.6. The van der Waals surface area contributed by atoms with Crippen molar-refractivity contribution in [3.8, 4) is 11.6 Å². The molecule has 3 aromatic carbocycles. The number of benzene rings is 3. The standard InChI is InChI=1S/C50H59FN4O8Si/c1-49(2,3)64(6,7)63-50-36(42(54(4)5)45-40(47(50)59)48(53-62-45)61-28-30-18-12-9-13-19-30)23-31-22-33-39(43(57)38(31)46(50)58)44(60-27-29-16-10-8-11-17-29)35-26-55(25-34(35)41(33)51)37(56)24-52-32-20-14-15-21-32/h8-13,16-19,31-32,36,42,52,58H,14-15,20-28H2,1-7H3/t31-,36-,42-,50-/m0/s1. The predicted molar refractivity (Wildman–Crippen MR) is 240 cm³/mol. The van der Waals surface area contributed by atoms with Crippen LogP contribution in [0.2, 0.25) is 18.1 Å². The van der Waals surface area contributed by atoms with E-state index in [-0.39, 0.29) is 97.3 Å². The monoisotopic (exact) mass is 890 g/mol. The van der Waals surface area contributed by atoms with Crippen molar-refractivity contribution in [3.63, 3.8) is 0 Å². The van der Waals surface area contributed by atoms with E-state index in [0.29, 0.717) is 11.1 Å². The number of ketones is 2. The maximum atomic E-state index is 17.4. The average Bonchev–Trinajstić information content (AvgIpc) is 4.05. The number of aliphatic hydroxyl groups excluding tert-OH is 1. The molecule has 12 nitrogen and oxygen atoms in total. The second kappa shape index (κ2) is 16.7. The zero-order valence-corrected chi connectivity index (χ0v) is 38.9. The van der Waals surface area contributed by atoms with Crippen LogP contribution in [0.25, 0.3) is 0 Å². The molecule has 1 amide bonds. The maximum Gasteiger partial charge on any atom is 0.265 e. The van der Waals surface area contributed by atoms with Crippen LogP contribution in [0.5, 0.6) is 11.6 Å². The van der Waals surface area contributed by atoms with E-state index in [1.165, 1.54) is 0 Å². The summed E-state index contributed by atoms with van der Waals surface area (Å²) in [5.74, 6) is -3.42. The van der Waals surface area contributed by atoms with Gasteiger partial charge >= 0.3 is 0 Å². The number of hydrogen-bond acceptors (Lipinski definition) is 11. The van der Waals surface area contributed by atoms with Crippen LogP contribution in [-0.2, 0) is 41.9 Å². The van der Waals surface area contributed by atoms with Gasteiger partial charge in [-0.3, -0.25) is 19.3 Å². The highest BCUT2D eigenvalue weighted by atomic mass is 28.4. The summed E-state index contributed by atoms with van der Waals surface area (Å²) in [6.07, 6.45) is 4.52. The fourth-order valence-corrected chi connectivity index (χ4v) is 11.9. The largest absolute Gasteiger partial charge is 0.508 e. The number of aromatic nitrogens is 1. The van der Waals surface area contributed by atoms with Crippen LogP contribution >= 0.6 is 0 Å². The Kier molecular flexibility index (Phi) is 11.5. The topological polar surface area (TPSA) is 144 Å². The first-order valence-corrected chi connectivity index (χ1v) is 25.5. The third kappa shape index (κ3) is 7.39. The summed E-state index contributed by atoms with van der Waals surface area (Å²) in [5.41, 5.74) is 0.674. The van der Waals surface area contributed by atoms with Gasteiger partial charge in [0, 0.05) is 40.8 Å². The molecule has 338 valence electrons. The van der Waals surface area contributed by atoms with Gasteiger partial charge in [-0.25, -0.2) is 4.39 Å². The van der Waals surface area contributed by atoms with E-state index in [1.54, 1.807) is 4.90 Å². The highest BCUT2D eigenvalue weighted by molar-refractivity contribution is 6.74. The molecule has 0 spiro atoms. The van der Waals surface area contributed by atoms with Crippen molar-refractivity contribution in [2.75, 3.05) is 20.6 Å². The summed E-state index contributed by atoms with van der Waals surface area (Å²) >= 11 is 0. The molecule has 0 unspecified atom stereocenters. The molecule has 4 aliphatic carbocycles. The molecule has 9 rings (SSSR count). The van der Waals surface area contributed by atoms with Crippen molar-refractivity contribution in [3.05, 3.63) is 123 Å². The first kappa shape index (κ1) is 44.1. The van der Waals surface area contributed by atoms with Gasteiger partial charge < -0.3 is 33.7 Å². The minimum Gasteiger partial charge on any atom is -0.508 e. The van der Waals surface area contributed by atoms with Gasteiger partial charge in [0.2, 0.25) is 11.7 Å². The average molecular weight is 891 g/mol. The Balaban J connectivity index is 1.18. The number of amides is 1. The maximum absolute atomic E-state index is 17.4. The quantitative estimate of drug-likeness (QED) is 0.132. The molecule has 2 heterocycles. The molecule has 2 N–H and O–H groups in total. The number of allylic oxidation sites excluding steroid dienone is 1. The normalized spacial score (nSPS) is 23.2. The first-order valence-electron chi connectivity index (χ1n) is 22.6. The Morgan fingerprint density at radius 2 is 1.58 bits per heavy atom. The van der Waals surface area contributed by atoms with Gasteiger partial charge in [0.05, 0.1) is 24.7 Å². The number of fused-ring (bicyclic) bond motifs is 5. The van der Waals surface area contributed by atoms with Gasteiger partial charge in [-0.2, -0.15) is 0 Å². The molecular formula is C50H59FN4O8Si. The Morgan fingerprint density at radius 3 is 2.20 bits per heavy atom. The van der Waals surface area contributed by atoms with E-state index in [1.807, 2.05) is 92.8 Å². The number of carbonyl (C=O) groups is 3. The summed E-state index contributed by atoms with van der Waals surface area (Å²) in [5, 5.41) is 20.4. The molecule has 1 fully saturated rings. The number of carbonyl (C=O) groups excluding carboxylic acids is 3. The van der Waals surface area contributed by atoms with Crippen molar-refractivity contribution < 1.29 is 42.3 Å². The molecule has 4 atom stereocenters. The van der Waals surface area contributed by atoms with Gasteiger partial charge in [-0.15, -0.1) is 0 Å². The second-order valence-corrected chi connectivity index (χ2v) is 24.7. The van der Waals surface area contributed by atoms with E-state index in [0.717, 1.165) is 36.8 Å². The third-order valence-electron chi connectivity index (χ3n) is 14.8. The van der Waals surface area contributed by atoms with Crippen molar-refractivity contribution in [2.24, 2.45) is 11.8 Å². The van der Waals surface area contributed by atoms with Crippen LogP contribution in [0, 0.1) is 17.7 Å². The predicted octanol–water partition coefficient (Wildman–Crippen LogP) is 8.79. The lowest BCUT2D eigenvalue weighted by Crippen LogP contribution is -2.65. The number of aliphatic hydroxyl groups is 1. The van der Waals surface area contributed by atoms with Crippen molar-refractivity contribution in [1.29, 1.82) is 0 Å². The Hall–Kier alpha value is -5.15. The molecule has 1 saturated carbocycles. The van der Waals surface area contributed by atoms with Crippen LogP contribution in [0.4, 0.5) is 4.39 Å². The van der Waals surface area contributed by atoms with Gasteiger partial charge in [0.15, 0.2) is 25.5 Å². The Bertz CT molecular complexity index is 2510. The summed E-state index contributed by atoms with van der Waals surface area (Å²) < 4.78 is 43.5. The van der Waals surface area contributed by atoms with E-state index in [4.69, 9.17) is 18.4 Å². The van der Waals surface area contributed by atoms with Crippen molar-refractivity contribution in [1.82, 2.24) is 20.3 Å². The third-order valence-corrected chi connectivity index (χ3v) is 19.2. The summed E-state index contributed by atoms with van der Waals surface area (Å²) in [7, 11) is 0.746. The molecule has 14 heteroatoms. The molecule has 5 aliphatic rings. The molecule has 1 aromatic heterocycles.